The smallest absolute Gasteiger partial charge is 0.338 e. The highest BCUT2D eigenvalue weighted by Gasteiger charge is 2.34. The molecule has 2 heterocycles. The Morgan fingerprint density at radius 3 is 2.50 bits per heavy atom. The van der Waals surface area contributed by atoms with E-state index in [1.54, 1.807) is 14.0 Å². The highest BCUT2D eigenvalue weighted by Crippen LogP contribution is 2.29. The molecule has 0 saturated carbocycles. The Hall–Kier alpha value is -3.52. The maximum atomic E-state index is 13.0. The van der Waals surface area contributed by atoms with Crippen molar-refractivity contribution in [1.29, 1.82) is 0 Å². The third kappa shape index (κ3) is 5.34. The van der Waals surface area contributed by atoms with Gasteiger partial charge in [-0.25, -0.2) is 9.59 Å². The van der Waals surface area contributed by atoms with Gasteiger partial charge < -0.3 is 25.0 Å². The fraction of sp³-hybridized carbons (Fsp3) is 0.385. The maximum absolute atomic E-state index is 13.0. The highest BCUT2D eigenvalue weighted by molar-refractivity contribution is 5.95. The fourth-order valence-electron chi connectivity index (χ4n) is 4.40. The van der Waals surface area contributed by atoms with Crippen LogP contribution in [0.2, 0.25) is 0 Å². The van der Waals surface area contributed by atoms with Crippen LogP contribution in [0.15, 0.2) is 59.8 Å². The molecule has 2 aromatic rings. The number of nitrogens with zero attached hydrogens (tertiary/aromatic N) is 2. The molecule has 2 N–H and O–H groups in total. The number of esters is 1. The van der Waals surface area contributed by atoms with Crippen LogP contribution >= 0.6 is 0 Å². The molecule has 2 aliphatic heterocycles. The largest absolute Gasteiger partial charge is 0.497 e. The zero-order valence-electron chi connectivity index (χ0n) is 20.0. The number of rotatable bonds is 7. The molecule has 0 unspecified atom stereocenters. The van der Waals surface area contributed by atoms with Crippen molar-refractivity contribution in [1.82, 2.24) is 15.5 Å². The Balaban J connectivity index is 1.54. The van der Waals surface area contributed by atoms with Crippen molar-refractivity contribution < 1.29 is 19.1 Å². The van der Waals surface area contributed by atoms with E-state index in [0.29, 0.717) is 17.8 Å². The summed E-state index contributed by atoms with van der Waals surface area (Å²) < 4.78 is 10.7. The van der Waals surface area contributed by atoms with E-state index in [9.17, 15) is 9.59 Å². The molecule has 180 valence electrons. The van der Waals surface area contributed by atoms with Gasteiger partial charge in [0.05, 0.1) is 25.3 Å². The van der Waals surface area contributed by atoms with Gasteiger partial charge in [0.1, 0.15) is 5.75 Å². The molecule has 1 atom stereocenters. The molecule has 8 nitrogen and oxygen atoms in total. The second-order valence-corrected chi connectivity index (χ2v) is 8.52. The van der Waals surface area contributed by atoms with Gasteiger partial charge in [-0.1, -0.05) is 35.9 Å². The molecular weight excluding hydrogens is 432 g/mol. The quantitative estimate of drug-likeness (QED) is 0.613. The van der Waals surface area contributed by atoms with E-state index in [0.717, 1.165) is 48.7 Å². The SMILES string of the molecule is CCOC(=O)C1=C(CN2CCN(c3cccc(OC)c3)CC2)NC(=O)N[C@H]1c1ccc(C)cc1. The van der Waals surface area contributed by atoms with Crippen molar-refractivity contribution in [3.8, 4) is 5.75 Å². The number of benzene rings is 2. The van der Waals surface area contributed by atoms with E-state index in [4.69, 9.17) is 9.47 Å². The molecule has 1 saturated heterocycles. The van der Waals surface area contributed by atoms with Crippen LogP contribution in [0.1, 0.15) is 24.1 Å². The molecule has 0 aromatic heterocycles. The van der Waals surface area contributed by atoms with Crippen LogP contribution < -0.4 is 20.3 Å². The van der Waals surface area contributed by atoms with Gasteiger partial charge in [0.25, 0.3) is 0 Å². The molecule has 0 bridgehead atoms. The number of piperazine rings is 1. The molecule has 8 heteroatoms. The maximum Gasteiger partial charge on any atom is 0.338 e. The Bertz CT molecular complexity index is 1060. The van der Waals surface area contributed by atoms with Gasteiger partial charge in [0.2, 0.25) is 0 Å². The standard InChI is InChI=1S/C26H32N4O4/c1-4-34-25(31)23-22(27-26(32)28-24(23)19-10-8-18(2)9-11-19)17-29-12-14-30(15-13-29)20-6-5-7-21(16-20)33-3/h5-11,16,24H,4,12-15,17H2,1-3H3,(H2,27,28,32)/t24-/m0/s1. The number of carbonyl (C=O) groups is 2. The lowest BCUT2D eigenvalue weighted by Gasteiger charge is -2.38. The van der Waals surface area contributed by atoms with Crippen LogP contribution in [0.25, 0.3) is 0 Å². The highest BCUT2D eigenvalue weighted by atomic mass is 16.5. The van der Waals surface area contributed by atoms with Gasteiger partial charge in [0.15, 0.2) is 0 Å². The average molecular weight is 465 g/mol. The normalized spacial score (nSPS) is 18.9. The lowest BCUT2D eigenvalue weighted by atomic mass is 9.94. The average Bonchev–Trinajstić information content (AvgIpc) is 2.85. The van der Waals surface area contributed by atoms with Crippen LogP contribution in [-0.4, -0.2) is 63.3 Å². The van der Waals surface area contributed by atoms with Crippen molar-refractivity contribution >= 4 is 17.7 Å². The van der Waals surface area contributed by atoms with Gasteiger partial charge in [-0.05, 0) is 31.5 Å². The molecule has 1 fully saturated rings. The van der Waals surface area contributed by atoms with Crippen LogP contribution in [0.3, 0.4) is 0 Å². The summed E-state index contributed by atoms with van der Waals surface area (Å²) in [6.45, 7) is 7.80. The summed E-state index contributed by atoms with van der Waals surface area (Å²) in [5.74, 6) is 0.425. The van der Waals surface area contributed by atoms with Gasteiger partial charge in [0, 0.05) is 50.2 Å². The van der Waals surface area contributed by atoms with Gasteiger partial charge in [-0.3, -0.25) is 4.90 Å². The number of ether oxygens (including phenoxy) is 2. The second kappa shape index (κ2) is 10.6. The molecule has 4 rings (SSSR count). The van der Waals surface area contributed by atoms with Gasteiger partial charge in [-0.2, -0.15) is 0 Å². The molecule has 0 spiro atoms. The zero-order chi connectivity index (χ0) is 24.1. The number of nitrogens with one attached hydrogen (secondary N) is 2. The van der Waals surface area contributed by atoms with E-state index in [-0.39, 0.29) is 12.6 Å². The predicted octanol–water partition coefficient (Wildman–Crippen LogP) is 3.00. The Kier molecular flexibility index (Phi) is 7.37. The minimum absolute atomic E-state index is 0.267. The summed E-state index contributed by atoms with van der Waals surface area (Å²) in [7, 11) is 1.67. The number of methoxy groups -OCH3 is 1. The fourth-order valence-corrected chi connectivity index (χ4v) is 4.40. The van der Waals surface area contributed by atoms with E-state index in [2.05, 4.69) is 26.5 Å². The summed E-state index contributed by atoms with van der Waals surface area (Å²) in [6.07, 6.45) is 0. The second-order valence-electron chi connectivity index (χ2n) is 8.52. The topological polar surface area (TPSA) is 83.1 Å². The number of anilines is 1. The van der Waals surface area contributed by atoms with Crippen LogP contribution in [-0.2, 0) is 9.53 Å². The van der Waals surface area contributed by atoms with Crippen LogP contribution in [0.4, 0.5) is 10.5 Å². The summed E-state index contributed by atoms with van der Waals surface area (Å²) in [6, 6.07) is 15.0. The van der Waals surface area contributed by atoms with Crippen molar-refractivity contribution in [2.45, 2.75) is 19.9 Å². The number of hydrogen-bond acceptors (Lipinski definition) is 6. The van der Waals surface area contributed by atoms with E-state index in [1.165, 1.54) is 0 Å². The van der Waals surface area contributed by atoms with Crippen molar-refractivity contribution in [3.05, 3.63) is 70.9 Å². The molecular formula is C26H32N4O4. The lowest BCUT2D eigenvalue weighted by Crippen LogP contribution is -2.51. The Labute approximate surface area is 200 Å². The molecule has 2 aromatic carbocycles. The van der Waals surface area contributed by atoms with Gasteiger partial charge >= 0.3 is 12.0 Å². The van der Waals surface area contributed by atoms with E-state index >= 15 is 0 Å². The molecule has 0 radical (unpaired) electrons. The Morgan fingerprint density at radius 2 is 1.82 bits per heavy atom. The number of amides is 2. The van der Waals surface area contributed by atoms with E-state index < -0.39 is 12.0 Å². The number of carbonyl (C=O) groups excluding carboxylic acids is 2. The van der Waals surface area contributed by atoms with Gasteiger partial charge in [-0.15, -0.1) is 0 Å². The summed E-state index contributed by atoms with van der Waals surface area (Å²) >= 11 is 0. The van der Waals surface area contributed by atoms with Crippen molar-refractivity contribution in [2.75, 3.05) is 51.3 Å². The minimum atomic E-state index is -0.554. The summed E-state index contributed by atoms with van der Waals surface area (Å²) in [5.41, 5.74) is 4.15. The zero-order valence-corrected chi connectivity index (χ0v) is 20.0. The van der Waals surface area contributed by atoms with Crippen LogP contribution in [0, 0.1) is 6.92 Å². The molecule has 2 amide bonds. The summed E-state index contributed by atoms with van der Waals surface area (Å²) in [4.78, 5) is 30.1. The third-order valence-electron chi connectivity index (χ3n) is 6.23. The first-order valence-corrected chi connectivity index (χ1v) is 11.6. The number of aryl methyl sites for hydroxylation is 1. The Morgan fingerprint density at radius 1 is 1.09 bits per heavy atom. The minimum Gasteiger partial charge on any atom is -0.497 e. The van der Waals surface area contributed by atoms with E-state index in [1.807, 2.05) is 49.4 Å². The number of urea groups is 1. The first-order chi connectivity index (χ1) is 16.5. The molecule has 0 aliphatic carbocycles. The van der Waals surface area contributed by atoms with Crippen molar-refractivity contribution in [2.24, 2.45) is 0 Å². The first kappa shape index (κ1) is 23.6. The van der Waals surface area contributed by atoms with Crippen molar-refractivity contribution in [3.63, 3.8) is 0 Å². The number of hydrogen-bond donors (Lipinski definition) is 2. The van der Waals surface area contributed by atoms with Crippen LogP contribution in [0.5, 0.6) is 5.75 Å². The molecule has 2 aliphatic rings. The summed E-state index contributed by atoms with van der Waals surface area (Å²) in [5, 5.41) is 5.78. The third-order valence-corrected chi connectivity index (χ3v) is 6.23. The predicted molar refractivity (Wildman–Crippen MR) is 131 cm³/mol. The first-order valence-electron chi connectivity index (χ1n) is 11.6. The molecule has 34 heavy (non-hydrogen) atoms. The monoisotopic (exact) mass is 464 g/mol. The lowest BCUT2D eigenvalue weighted by molar-refractivity contribution is -0.139.